The zero-order chi connectivity index (χ0) is 18.0. The average molecular weight is 356 g/mol. The molecule has 1 saturated heterocycles. The van der Waals surface area contributed by atoms with Gasteiger partial charge in [-0.2, -0.15) is 13.2 Å². The third kappa shape index (κ3) is 4.22. The summed E-state index contributed by atoms with van der Waals surface area (Å²) in [5.41, 5.74) is -0.511. The summed E-state index contributed by atoms with van der Waals surface area (Å²) in [6, 6.07) is 3.38. The van der Waals surface area contributed by atoms with E-state index < -0.39 is 17.5 Å². The quantitative estimate of drug-likeness (QED) is 0.767. The minimum absolute atomic E-state index is 0.0468. The van der Waals surface area contributed by atoms with Gasteiger partial charge in [0.1, 0.15) is 0 Å². The predicted octanol–water partition coefficient (Wildman–Crippen LogP) is 2.85. The van der Waals surface area contributed by atoms with Crippen LogP contribution in [0.25, 0.3) is 11.5 Å². The van der Waals surface area contributed by atoms with Crippen LogP contribution in [0.4, 0.5) is 18.9 Å². The number of hydrogen-bond acceptors (Lipinski definition) is 5. The number of aromatic amines is 1. The number of halogens is 3. The van der Waals surface area contributed by atoms with E-state index in [-0.39, 0.29) is 17.6 Å². The van der Waals surface area contributed by atoms with Crippen LogP contribution in [-0.2, 0) is 6.18 Å². The highest BCUT2D eigenvalue weighted by molar-refractivity contribution is 5.65. The van der Waals surface area contributed by atoms with Crippen molar-refractivity contribution in [2.45, 2.75) is 32.0 Å². The minimum Gasteiger partial charge on any atom is -0.388 e. The van der Waals surface area contributed by atoms with Crippen molar-refractivity contribution in [1.82, 2.24) is 15.5 Å². The van der Waals surface area contributed by atoms with E-state index in [0.29, 0.717) is 11.5 Å². The van der Waals surface area contributed by atoms with Crippen LogP contribution in [0.3, 0.4) is 0 Å². The molecule has 6 nitrogen and oxygen atoms in total. The Bertz CT molecular complexity index is 778. The first-order chi connectivity index (χ1) is 11.8. The molecule has 0 saturated carbocycles. The maximum Gasteiger partial charge on any atom is 0.434 e. The Balaban J connectivity index is 1.86. The van der Waals surface area contributed by atoms with E-state index in [1.807, 2.05) is 6.92 Å². The summed E-state index contributed by atoms with van der Waals surface area (Å²) in [6.07, 6.45) is -2.69. The van der Waals surface area contributed by atoms with Crippen LogP contribution in [0.5, 0.6) is 0 Å². The fourth-order valence-electron chi connectivity index (χ4n) is 3.14. The van der Waals surface area contributed by atoms with Crippen molar-refractivity contribution >= 4 is 5.69 Å². The molecule has 0 bridgehead atoms. The van der Waals surface area contributed by atoms with E-state index >= 15 is 0 Å². The molecule has 0 amide bonds. The number of rotatable bonds is 5. The summed E-state index contributed by atoms with van der Waals surface area (Å²) >= 11 is 0. The molecule has 3 rings (SSSR count). The Hall–Kier alpha value is -2.29. The molecule has 2 heterocycles. The number of anilines is 1. The van der Waals surface area contributed by atoms with E-state index in [1.165, 1.54) is 12.1 Å². The van der Waals surface area contributed by atoms with Gasteiger partial charge in [0, 0.05) is 17.3 Å². The van der Waals surface area contributed by atoms with Crippen LogP contribution < -0.4 is 16.4 Å². The second kappa shape index (κ2) is 6.91. The third-order valence-corrected chi connectivity index (χ3v) is 4.26. The highest BCUT2D eigenvalue weighted by Crippen LogP contribution is 2.37. The van der Waals surface area contributed by atoms with Crippen LogP contribution in [0.15, 0.2) is 27.4 Å². The first-order valence-electron chi connectivity index (χ1n) is 8.07. The fraction of sp³-hybridized carbons (Fsp3) is 0.500. The van der Waals surface area contributed by atoms with Crippen molar-refractivity contribution in [3.8, 4) is 11.5 Å². The average Bonchev–Trinajstić information content (AvgIpc) is 3.17. The van der Waals surface area contributed by atoms with Gasteiger partial charge in [0.05, 0.1) is 5.56 Å². The molecule has 0 radical (unpaired) electrons. The number of aromatic nitrogens is 2. The normalized spacial score (nSPS) is 19.1. The smallest absolute Gasteiger partial charge is 0.388 e. The second-order valence-electron chi connectivity index (χ2n) is 6.32. The predicted molar refractivity (Wildman–Crippen MR) is 86.2 cm³/mol. The van der Waals surface area contributed by atoms with Gasteiger partial charge in [0.2, 0.25) is 5.89 Å². The van der Waals surface area contributed by atoms with Crippen LogP contribution in [-0.4, -0.2) is 29.3 Å². The van der Waals surface area contributed by atoms with Gasteiger partial charge in [-0.3, -0.25) is 0 Å². The van der Waals surface area contributed by atoms with Gasteiger partial charge in [-0.15, -0.1) is 5.10 Å². The summed E-state index contributed by atoms with van der Waals surface area (Å²) in [5, 5.41) is 12.0. The van der Waals surface area contributed by atoms with E-state index in [4.69, 9.17) is 4.42 Å². The fourth-order valence-corrected chi connectivity index (χ4v) is 3.14. The van der Waals surface area contributed by atoms with E-state index in [0.717, 1.165) is 32.0 Å². The molecule has 9 heteroatoms. The van der Waals surface area contributed by atoms with Gasteiger partial charge < -0.3 is 15.1 Å². The molecule has 1 aromatic carbocycles. The number of benzene rings is 1. The Morgan fingerprint density at radius 2 is 2.24 bits per heavy atom. The van der Waals surface area contributed by atoms with Crippen molar-refractivity contribution in [2.24, 2.45) is 5.92 Å². The van der Waals surface area contributed by atoms with Crippen LogP contribution in [0.1, 0.15) is 25.3 Å². The zero-order valence-corrected chi connectivity index (χ0v) is 13.6. The zero-order valence-electron chi connectivity index (χ0n) is 13.6. The highest BCUT2D eigenvalue weighted by Gasteiger charge is 2.34. The Morgan fingerprint density at radius 1 is 1.44 bits per heavy atom. The lowest BCUT2D eigenvalue weighted by Crippen LogP contribution is -2.23. The molecule has 2 atom stereocenters. The summed E-state index contributed by atoms with van der Waals surface area (Å²) in [6.45, 7) is 3.69. The molecule has 1 aliphatic heterocycles. The number of H-pyrrole nitrogens is 1. The van der Waals surface area contributed by atoms with E-state index in [2.05, 4.69) is 20.8 Å². The molecular formula is C16H19F3N4O2. The molecule has 136 valence electrons. The van der Waals surface area contributed by atoms with Gasteiger partial charge in [-0.1, -0.05) is 0 Å². The molecule has 1 aliphatic rings. The van der Waals surface area contributed by atoms with Crippen LogP contribution in [0.2, 0.25) is 0 Å². The molecular weight excluding hydrogens is 337 g/mol. The van der Waals surface area contributed by atoms with Gasteiger partial charge >= 0.3 is 11.9 Å². The SMILES string of the molecule is CC(C[C@@H]1CCNC1)Nc1cc(-c2n[nH]c(=O)o2)ccc1C(F)(F)F. The minimum atomic E-state index is -4.48. The Labute approximate surface area is 141 Å². The lowest BCUT2D eigenvalue weighted by molar-refractivity contribution is -0.137. The standard InChI is InChI=1S/C16H19F3N4O2/c1-9(6-10-4-5-20-8-10)21-13-7-11(14-22-23-15(24)25-14)2-3-12(13)16(17,18)19/h2-3,7,9-10,20-21H,4-6,8H2,1H3,(H,23,24)/t9?,10-/m0/s1. The van der Waals surface area contributed by atoms with Crippen molar-refractivity contribution in [3.05, 3.63) is 34.3 Å². The molecule has 1 fully saturated rings. The van der Waals surface area contributed by atoms with Crippen molar-refractivity contribution in [1.29, 1.82) is 0 Å². The largest absolute Gasteiger partial charge is 0.434 e. The Kier molecular flexibility index (Phi) is 4.85. The number of nitrogens with zero attached hydrogens (tertiary/aromatic N) is 1. The molecule has 1 unspecified atom stereocenters. The number of nitrogens with one attached hydrogen (secondary N) is 3. The van der Waals surface area contributed by atoms with Crippen molar-refractivity contribution < 1.29 is 17.6 Å². The van der Waals surface area contributed by atoms with E-state index in [1.54, 1.807) is 0 Å². The van der Waals surface area contributed by atoms with Gasteiger partial charge in [0.15, 0.2) is 0 Å². The van der Waals surface area contributed by atoms with Gasteiger partial charge in [-0.05, 0) is 57.0 Å². The maximum atomic E-state index is 13.3. The molecule has 25 heavy (non-hydrogen) atoms. The lowest BCUT2D eigenvalue weighted by atomic mass is 9.99. The molecule has 3 N–H and O–H groups in total. The maximum absolute atomic E-state index is 13.3. The van der Waals surface area contributed by atoms with Gasteiger partial charge in [-0.25, -0.2) is 9.89 Å². The monoisotopic (exact) mass is 356 g/mol. The molecule has 0 spiro atoms. The van der Waals surface area contributed by atoms with Crippen molar-refractivity contribution in [2.75, 3.05) is 18.4 Å². The van der Waals surface area contributed by atoms with Crippen LogP contribution in [0, 0.1) is 5.92 Å². The summed E-state index contributed by atoms with van der Waals surface area (Å²) in [7, 11) is 0. The topological polar surface area (TPSA) is 83.0 Å². The van der Waals surface area contributed by atoms with E-state index in [9.17, 15) is 18.0 Å². The first kappa shape index (κ1) is 17.5. The van der Waals surface area contributed by atoms with Crippen LogP contribution >= 0.6 is 0 Å². The summed E-state index contributed by atoms with van der Waals surface area (Å²) in [4.78, 5) is 11.1. The summed E-state index contributed by atoms with van der Waals surface area (Å²) in [5.74, 6) is -0.356. The number of hydrogen-bond donors (Lipinski definition) is 3. The lowest BCUT2D eigenvalue weighted by Gasteiger charge is -2.22. The first-order valence-corrected chi connectivity index (χ1v) is 8.07. The molecule has 2 aromatic rings. The van der Waals surface area contributed by atoms with Gasteiger partial charge in [0.25, 0.3) is 0 Å². The number of alkyl halides is 3. The molecule has 0 aliphatic carbocycles. The summed E-state index contributed by atoms with van der Waals surface area (Å²) < 4.78 is 44.7. The Morgan fingerprint density at radius 3 is 2.84 bits per heavy atom. The second-order valence-corrected chi connectivity index (χ2v) is 6.32. The highest BCUT2D eigenvalue weighted by atomic mass is 19.4. The van der Waals surface area contributed by atoms with Crippen molar-refractivity contribution in [3.63, 3.8) is 0 Å². The molecule has 1 aromatic heterocycles. The third-order valence-electron chi connectivity index (χ3n) is 4.26.